The van der Waals surface area contributed by atoms with E-state index in [9.17, 15) is 9.18 Å². The van der Waals surface area contributed by atoms with Gasteiger partial charge in [0.15, 0.2) is 5.82 Å². The van der Waals surface area contributed by atoms with Crippen LogP contribution in [0.25, 0.3) is 0 Å². The molecule has 0 fully saturated rings. The number of nitrogen functional groups attached to an aromatic ring is 1. The van der Waals surface area contributed by atoms with Crippen molar-refractivity contribution in [1.82, 2.24) is 4.98 Å². The fraction of sp³-hybridized carbons (Fsp3) is 0.0769. The Morgan fingerprint density at radius 3 is 2.85 bits per heavy atom. The van der Waals surface area contributed by atoms with E-state index in [0.29, 0.717) is 4.47 Å². The first-order valence-electron chi connectivity index (χ1n) is 5.71. The molecular formula is C13H12BrFN4O. The van der Waals surface area contributed by atoms with Crippen LogP contribution in [0.4, 0.5) is 15.9 Å². The first-order valence-corrected chi connectivity index (χ1v) is 6.50. The molecule has 2 rings (SSSR count). The Balaban J connectivity index is 2.32. The first kappa shape index (κ1) is 14.4. The predicted octanol–water partition coefficient (Wildman–Crippen LogP) is 2.83. The molecule has 1 aromatic heterocycles. The van der Waals surface area contributed by atoms with Gasteiger partial charge >= 0.3 is 0 Å². The fourth-order valence-electron chi connectivity index (χ4n) is 1.65. The van der Waals surface area contributed by atoms with Crippen molar-refractivity contribution in [2.45, 2.75) is 6.92 Å². The fourth-order valence-corrected chi connectivity index (χ4v) is 1.98. The highest BCUT2D eigenvalue weighted by Gasteiger charge is 2.15. The molecule has 4 N–H and O–H groups in total. The molecule has 2 aromatic rings. The summed E-state index contributed by atoms with van der Waals surface area (Å²) in [5.74, 6) is 4.50. The van der Waals surface area contributed by atoms with Gasteiger partial charge in [0.05, 0.1) is 11.3 Å². The summed E-state index contributed by atoms with van der Waals surface area (Å²) in [6.45, 7) is 1.81. The van der Waals surface area contributed by atoms with Crippen LogP contribution in [0.3, 0.4) is 0 Å². The van der Waals surface area contributed by atoms with Crippen molar-refractivity contribution in [2.24, 2.45) is 5.84 Å². The number of aryl methyl sites for hydroxylation is 1. The summed E-state index contributed by atoms with van der Waals surface area (Å²) in [6, 6.07) is 6.02. The quantitative estimate of drug-likeness (QED) is 0.593. The number of carbonyl (C=O) groups is 1. The summed E-state index contributed by atoms with van der Waals surface area (Å²) < 4.78 is 14.2. The maximum Gasteiger partial charge on any atom is 0.259 e. The van der Waals surface area contributed by atoms with Gasteiger partial charge in [0.25, 0.3) is 5.91 Å². The second kappa shape index (κ2) is 5.98. The van der Waals surface area contributed by atoms with E-state index >= 15 is 0 Å². The molecule has 0 bridgehead atoms. The predicted molar refractivity (Wildman–Crippen MR) is 78.8 cm³/mol. The lowest BCUT2D eigenvalue weighted by Gasteiger charge is -2.10. The molecule has 20 heavy (non-hydrogen) atoms. The van der Waals surface area contributed by atoms with Gasteiger partial charge in [-0.3, -0.25) is 4.79 Å². The molecule has 1 amide bonds. The number of nitrogens with one attached hydrogen (secondary N) is 2. The monoisotopic (exact) mass is 338 g/mol. The molecule has 1 aromatic carbocycles. The molecule has 5 nitrogen and oxygen atoms in total. The molecule has 0 aliphatic rings. The number of pyridine rings is 1. The van der Waals surface area contributed by atoms with E-state index in [2.05, 4.69) is 31.7 Å². The maximum atomic E-state index is 13.6. The lowest BCUT2D eigenvalue weighted by molar-refractivity contribution is 0.102. The Labute approximate surface area is 123 Å². The smallest absolute Gasteiger partial charge is 0.259 e. The molecular weight excluding hydrogens is 327 g/mol. The Kier molecular flexibility index (Phi) is 4.31. The zero-order valence-electron chi connectivity index (χ0n) is 10.6. The van der Waals surface area contributed by atoms with Crippen LogP contribution in [0, 0.1) is 12.7 Å². The number of halogens is 2. The third-order valence-electron chi connectivity index (χ3n) is 2.61. The van der Waals surface area contributed by atoms with Crippen LogP contribution in [0.1, 0.15) is 15.9 Å². The van der Waals surface area contributed by atoms with Gasteiger partial charge in [-0.25, -0.2) is 15.2 Å². The van der Waals surface area contributed by atoms with Crippen molar-refractivity contribution in [2.75, 3.05) is 10.7 Å². The van der Waals surface area contributed by atoms with Crippen LogP contribution in [0.15, 0.2) is 34.9 Å². The Morgan fingerprint density at radius 2 is 2.15 bits per heavy atom. The number of hydrogen-bond acceptors (Lipinski definition) is 4. The van der Waals surface area contributed by atoms with E-state index < -0.39 is 11.7 Å². The van der Waals surface area contributed by atoms with Crippen LogP contribution >= 0.6 is 15.9 Å². The number of aromatic nitrogens is 1. The Morgan fingerprint density at radius 1 is 1.40 bits per heavy atom. The minimum atomic E-state index is -0.505. The van der Waals surface area contributed by atoms with E-state index in [1.165, 1.54) is 12.3 Å². The standard InChI is InChI=1S/C13H12BrFN4O/c1-7-2-3-10(15)11(4-7)18-13(20)9-5-8(14)6-17-12(9)19-16/h2-6H,16H2,1H3,(H,17,19)(H,18,20). The number of nitrogens with two attached hydrogens (primary N) is 1. The van der Waals surface area contributed by atoms with Gasteiger partial charge in [0, 0.05) is 10.7 Å². The summed E-state index contributed by atoms with van der Waals surface area (Å²) in [7, 11) is 0. The van der Waals surface area contributed by atoms with Crippen LogP contribution in [0.5, 0.6) is 0 Å². The van der Waals surface area contributed by atoms with E-state index in [4.69, 9.17) is 5.84 Å². The minimum Gasteiger partial charge on any atom is -0.319 e. The van der Waals surface area contributed by atoms with Gasteiger partial charge in [-0.05, 0) is 46.6 Å². The van der Waals surface area contributed by atoms with E-state index in [0.717, 1.165) is 5.56 Å². The minimum absolute atomic E-state index is 0.109. The molecule has 1 heterocycles. The summed E-state index contributed by atoms with van der Waals surface area (Å²) in [5, 5.41) is 2.50. The lowest BCUT2D eigenvalue weighted by Crippen LogP contribution is -2.19. The Bertz CT molecular complexity index is 663. The molecule has 0 aliphatic carbocycles. The summed E-state index contributed by atoms with van der Waals surface area (Å²) in [6.07, 6.45) is 1.50. The summed E-state index contributed by atoms with van der Waals surface area (Å²) in [4.78, 5) is 16.1. The zero-order valence-corrected chi connectivity index (χ0v) is 12.2. The molecule has 7 heteroatoms. The number of rotatable bonds is 3. The number of hydrazine groups is 1. The molecule has 0 spiro atoms. The SMILES string of the molecule is Cc1ccc(F)c(NC(=O)c2cc(Br)cnc2NN)c1. The van der Waals surface area contributed by atoms with Gasteiger partial charge in [0.1, 0.15) is 5.82 Å². The van der Waals surface area contributed by atoms with E-state index in [1.54, 1.807) is 18.2 Å². The maximum absolute atomic E-state index is 13.6. The normalized spacial score (nSPS) is 10.2. The molecule has 104 valence electrons. The van der Waals surface area contributed by atoms with Crippen LogP contribution in [0.2, 0.25) is 0 Å². The number of carbonyl (C=O) groups excluding carboxylic acids is 1. The molecule has 0 saturated carbocycles. The molecule has 0 atom stereocenters. The van der Waals surface area contributed by atoms with Gasteiger partial charge < -0.3 is 10.7 Å². The van der Waals surface area contributed by atoms with Crippen LogP contribution in [-0.4, -0.2) is 10.9 Å². The first-order chi connectivity index (χ1) is 9.51. The largest absolute Gasteiger partial charge is 0.319 e. The molecule has 0 unspecified atom stereocenters. The van der Waals surface area contributed by atoms with Gasteiger partial charge in [-0.1, -0.05) is 6.07 Å². The number of anilines is 2. The van der Waals surface area contributed by atoms with E-state index in [1.807, 2.05) is 6.92 Å². The van der Waals surface area contributed by atoms with Crippen LogP contribution in [-0.2, 0) is 0 Å². The third-order valence-corrected chi connectivity index (χ3v) is 3.04. The molecule has 0 radical (unpaired) electrons. The number of amides is 1. The van der Waals surface area contributed by atoms with Gasteiger partial charge in [0.2, 0.25) is 0 Å². The van der Waals surface area contributed by atoms with Crippen molar-refractivity contribution < 1.29 is 9.18 Å². The second-order valence-corrected chi connectivity index (χ2v) is 5.05. The highest BCUT2D eigenvalue weighted by atomic mass is 79.9. The highest BCUT2D eigenvalue weighted by molar-refractivity contribution is 9.10. The molecule has 0 aliphatic heterocycles. The van der Waals surface area contributed by atoms with E-state index in [-0.39, 0.29) is 17.1 Å². The summed E-state index contributed by atoms with van der Waals surface area (Å²) in [5.41, 5.74) is 3.49. The van der Waals surface area contributed by atoms with Crippen molar-refractivity contribution in [3.63, 3.8) is 0 Å². The lowest BCUT2D eigenvalue weighted by atomic mass is 10.2. The average Bonchev–Trinajstić information content (AvgIpc) is 2.42. The second-order valence-electron chi connectivity index (χ2n) is 4.13. The third kappa shape index (κ3) is 3.12. The number of nitrogens with zero attached hydrogens (tertiary/aromatic N) is 1. The van der Waals surface area contributed by atoms with Crippen molar-refractivity contribution in [3.8, 4) is 0 Å². The molecule has 0 saturated heterocycles. The van der Waals surface area contributed by atoms with Crippen molar-refractivity contribution in [3.05, 3.63) is 51.9 Å². The Hall–Kier alpha value is -1.99. The number of hydrogen-bond donors (Lipinski definition) is 3. The zero-order chi connectivity index (χ0) is 14.7. The van der Waals surface area contributed by atoms with Gasteiger partial charge in [-0.2, -0.15) is 0 Å². The number of benzene rings is 1. The highest BCUT2D eigenvalue weighted by Crippen LogP contribution is 2.21. The van der Waals surface area contributed by atoms with Crippen LogP contribution < -0.4 is 16.6 Å². The average molecular weight is 339 g/mol. The van der Waals surface area contributed by atoms with Gasteiger partial charge in [-0.15, -0.1) is 0 Å². The van der Waals surface area contributed by atoms with Crippen molar-refractivity contribution >= 4 is 33.3 Å². The van der Waals surface area contributed by atoms with Crippen molar-refractivity contribution in [1.29, 1.82) is 0 Å². The topological polar surface area (TPSA) is 80.0 Å². The summed E-state index contributed by atoms with van der Waals surface area (Å²) >= 11 is 3.22.